The first-order valence-corrected chi connectivity index (χ1v) is 49.7. The normalized spacial score (nSPS) is 12.5. The van der Waals surface area contributed by atoms with Crippen LogP contribution >= 0.6 is 0 Å². The second kappa shape index (κ2) is 37.3. The molecule has 0 unspecified atom stereocenters. The van der Waals surface area contributed by atoms with Gasteiger partial charge in [0.05, 0.1) is 5.69 Å². The highest BCUT2D eigenvalue weighted by molar-refractivity contribution is 5.90. The lowest BCUT2D eigenvalue weighted by molar-refractivity contribution is 1.10. The largest absolute Gasteiger partial charge is 0.260 e. The van der Waals surface area contributed by atoms with E-state index in [4.69, 9.17) is 0 Å². The summed E-state index contributed by atoms with van der Waals surface area (Å²) >= 11 is 0. The fourth-order valence-corrected chi connectivity index (χ4v) is 23.6. The number of benzene rings is 15. The van der Waals surface area contributed by atoms with Crippen molar-refractivity contribution in [2.45, 2.75) is 266 Å². The Bertz CT molecular complexity index is 7510. The third-order valence-corrected chi connectivity index (χ3v) is 33.0. The van der Waals surface area contributed by atoms with Crippen LogP contribution < -0.4 is 0 Å². The predicted octanol–water partition coefficient (Wildman–Crippen LogP) is 35.0. The van der Waals surface area contributed by atoms with Crippen LogP contribution in [0.3, 0.4) is 0 Å². The van der Waals surface area contributed by atoms with Gasteiger partial charge in [-0.25, -0.2) is 0 Å². The second-order valence-corrected chi connectivity index (χ2v) is 41.7. The number of pyridine rings is 1. The van der Waals surface area contributed by atoms with E-state index in [1.54, 1.807) is 0 Å². The lowest BCUT2D eigenvalue weighted by atomic mass is 9.92. The average Bonchev–Trinajstić information content (AvgIpc) is 1.59. The van der Waals surface area contributed by atoms with Crippen molar-refractivity contribution < 1.29 is 0 Å². The number of aryl methyl sites for hydroxylation is 20. The van der Waals surface area contributed by atoms with Gasteiger partial charge in [0.15, 0.2) is 0 Å². The molecule has 0 saturated heterocycles. The van der Waals surface area contributed by atoms with Crippen LogP contribution in [0.2, 0.25) is 0 Å². The topological polar surface area (TPSA) is 12.9 Å². The van der Waals surface area contributed by atoms with E-state index in [1.165, 1.54) is 351 Å². The molecule has 0 radical (unpaired) electrons. The highest BCUT2D eigenvalue weighted by Crippen LogP contribution is 2.51. The summed E-state index contributed by atoms with van der Waals surface area (Å²) < 4.78 is 0. The summed E-state index contributed by atoms with van der Waals surface area (Å²) in [6.45, 7) is 68.9. The molecule has 15 aromatic carbocycles. The van der Waals surface area contributed by atoms with Gasteiger partial charge in [0.1, 0.15) is 0 Å². The molecular weight excluding hydrogens is 1620 g/mol. The van der Waals surface area contributed by atoms with Gasteiger partial charge in [-0.3, -0.25) is 4.98 Å². The average molecular weight is 1770 g/mol. The van der Waals surface area contributed by atoms with Crippen molar-refractivity contribution in [2.24, 2.45) is 0 Å². The smallest absolute Gasteiger partial charge is 0.0526 e. The van der Waals surface area contributed by atoms with Crippen molar-refractivity contribution >= 4 is 0 Å². The number of fused-ring (bicyclic) bond motifs is 24. The Hall–Kier alpha value is -12.6. The summed E-state index contributed by atoms with van der Waals surface area (Å²) in [5.74, 6) is 0. The number of hydrogen-bond acceptors (Lipinski definition) is 1. The number of nitrogens with zero attached hydrogens (tertiary/aromatic N) is 1. The molecule has 0 spiro atoms. The van der Waals surface area contributed by atoms with Crippen LogP contribution in [0.4, 0.5) is 0 Å². The summed E-state index contributed by atoms with van der Waals surface area (Å²) in [5.41, 5.74) is 91.4. The summed E-state index contributed by atoms with van der Waals surface area (Å²) in [7, 11) is 0. The van der Waals surface area contributed by atoms with Crippen molar-refractivity contribution in [2.75, 3.05) is 0 Å². The molecule has 1 heteroatoms. The SMILES string of the molecule is Cc1cc(C)c2c(c1)-c1c(ccc(C)c1C)C2.Cc1cc(C)c2c(c1)Cc1ccc(C)c(C)c1-2.Cc1cc(C)c2c(c1C)-c1cccnc1C2.Cc1cc2c(c(C)c1C)-c1cccc(C)c1C2.Cc1cc2c(cc1C)-c1c(ccc(C)c1C)C2.Cc1ccc2c(c1C)-c1c(C)ccc(C)c1C2.Cc1ccc2c(c1C)-c1c(ccc(C)c1C)C2.Cc1ccc2c(c1C)Cc1ccc(C)c(C)c1-2. The Morgan fingerprint density at radius 1 is 0.148 bits per heavy atom. The molecule has 135 heavy (non-hydrogen) atoms. The fourth-order valence-electron chi connectivity index (χ4n) is 23.6. The Labute approximate surface area is 810 Å². The molecule has 0 amide bonds. The van der Waals surface area contributed by atoms with Gasteiger partial charge < -0.3 is 0 Å². The first-order chi connectivity index (χ1) is 64.3. The van der Waals surface area contributed by atoms with Gasteiger partial charge in [-0.15, -0.1) is 0 Å². The molecule has 16 aromatic rings. The molecule has 1 aromatic heterocycles. The molecule has 24 rings (SSSR count). The fraction of sp³-hybridized carbons (Fsp3) is 0.291. The van der Waals surface area contributed by atoms with Crippen LogP contribution in [0.25, 0.3) is 89.0 Å². The summed E-state index contributed by atoms with van der Waals surface area (Å²) in [6, 6.07) is 70.5. The zero-order chi connectivity index (χ0) is 96.4. The molecular formula is C134H141N. The van der Waals surface area contributed by atoms with Gasteiger partial charge >= 0.3 is 0 Å². The van der Waals surface area contributed by atoms with Crippen molar-refractivity contribution in [3.63, 3.8) is 0 Å². The standard InChI is InChI=1S/7C17H18.C15H15N/c1-10-6-8-15-16(12(10)3)9-14-7-5-11(2)13(4)17(14)15;1-10-5-7-14-9-15-8-6-11(2)13(4)17(15)16(14)12(10)3;1-10-7-12(3)15-9-14-6-5-11(2)13(4)17(14)16(15)8-10;1-10-7-12(3)16-15(8-10)9-14-6-5-11(2)13(4)17(14)16;1-10-5-6-14-9-15-7-11(2)12(3)8-16(15)17(14)13(10)4;1-10-7-8-14-9-15-11(2)5-6-12(3)16(15)17(14)13(10)4;1-10-6-5-7-15-16(10)9-14-8-11(2)12(3)13(4)17(14)15;1-9-7-10(2)13-8-14-12(5-4-6-16-14)15(13)11(9)3/h7*5-8H,9H2,1-4H3;4-7H,8H2,1-3H3. The lowest BCUT2D eigenvalue weighted by Gasteiger charge is -2.12. The number of aromatic nitrogens is 1. The maximum atomic E-state index is 4.49. The van der Waals surface area contributed by atoms with Gasteiger partial charge in [-0.2, -0.15) is 0 Å². The molecule has 0 atom stereocenters. The quantitative estimate of drug-likeness (QED) is 0.147. The van der Waals surface area contributed by atoms with Crippen molar-refractivity contribution in [1.82, 2.24) is 4.98 Å². The van der Waals surface area contributed by atoms with Gasteiger partial charge in [0.25, 0.3) is 0 Å². The lowest BCUT2D eigenvalue weighted by Crippen LogP contribution is -1.92. The zero-order valence-electron chi connectivity index (χ0n) is 87.1. The summed E-state index contributed by atoms with van der Waals surface area (Å²) in [4.78, 5) is 4.49. The highest BCUT2D eigenvalue weighted by Gasteiger charge is 2.32. The second-order valence-electron chi connectivity index (χ2n) is 41.7. The maximum Gasteiger partial charge on any atom is 0.0526 e. The molecule has 0 fully saturated rings. The first-order valence-electron chi connectivity index (χ1n) is 49.7. The molecule has 8 aliphatic carbocycles. The van der Waals surface area contributed by atoms with Gasteiger partial charge in [-0.05, 0) is 594 Å². The van der Waals surface area contributed by atoms with E-state index in [0.717, 1.165) is 51.4 Å². The minimum atomic E-state index is 0.998. The van der Waals surface area contributed by atoms with E-state index in [1.807, 2.05) is 12.3 Å². The van der Waals surface area contributed by atoms with Crippen LogP contribution in [0.1, 0.15) is 262 Å². The molecule has 1 heterocycles. The molecule has 682 valence electrons. The number of hydrogen-bond donors (Lipinski definition) is 0. The van der Waals surface area contributed by atoms with E-state index < -0.39 is 0 Å². The molecule has 0 saturated carbocycles. The maximum absolute atomic E-state index is 4.49. The van der Waals surface area contributed by atoms with E-state index in [0.29, 0.717) is 0 Å². The van der Waals surface area contributed by atoms with Gasteiger partial charge in [-0.1, -0.05) is 193 Å². The van der Waals surface area contributed by atoms with Crippen molar-refractivity contribution in [3.05, 3.63) is 456 Å². The summed E-state index contributed by atoms with van der Waals surface area (Å²) in [5, 5.41) is 0. The Morgan fingerprint density at radius 2 is 0.489 bits per heavy atom. The van der Waals surface area contributed by atoms with Gasteiger partial charge in [0.2, 0.25) is 0 Å². The molecule has 1 nitrogen and oxygen atoms in total. The zero-order valence-corrected chi connectivity index (χ0v) is 87.1. The third-order valence-electron chi connectivity index (χ3n) is 33.0. The van der Waals surface area contributed by atoms with E-state index in [9.17, 15) is 0 Å². The Kier molecular flexibility index (Phi) is 26.0. The van der Waals surface area contributed by atoms with Crippen LogP contribution in [-0.2, 0) is 51.4 Å². The predicted molar refractivity (Wildman–Crippen MR) is 582 cm³/mol. The molecule has 0 bridgehead atoms. The van der Waals surface area contributed by atoms with E-state index in [2.05, 4.69) is 402 Å². The van der Waals surface area contributed by atoms with E-state index in [-0.39, 0.29) is 0 Å². The van der Waals surface area contributed by atoms with Crippen LogP contribution in [0.5, 0.6) is 0 Å². The monoisotopic (exact) mass is 1760 g/mol. The minimum absolute atomic E-state index is 0.998. The van der Waals surface area contributed by atoms with E-state index >= 15 is 0 Å². The Balaban J connectivity index is 0.000000107. The molecule has 8 aliphatic rings. The van der Waals surface area contributed by atoms with Crippen LogP contribution in [0.15, 0.2) is 194 Å². The highest BCUT2D eigenvalue weighted by atomic mass is 14.7. The minimum Gasteiger partial charge on any atom is -0.260 e. The first kappa shape index (κ1) is 94.2. The Morgan fingerprint density at radius 3 is 1.06 bits per heavy atom. The summed E-state index contributed by atoms with van der Waals surface area (Å²) in [6.07, 6.45) is 10.6. The molecule has 0 aliphatic heterocycles. The van der Waals surface area contributed by atoms with Crippen LogP contribution in [0, 0.1) is 215 Å². The third kappa shape index (κ3) is 17.2. The number of rotatable bonds is 0. The van der Waals surface area contributed by atoms with Crippen molar-refractivity contribution in [1.29, 1.82) is 0 Å². The van der Waals surface area contributed by atoms with Crippen LogP contribution in [-0.4, -0.2) is 4.98 Å². The van der Waals surface area contributed by atoms with Crippen molar-refractivity contribution in [3.8, 4) is 89.0 Å². The van der Waals surface area contributed by atoms with Gasteiger partial charge in [0, 0.05) is 18.2 Å². The molecule has 0 N–H and O–H groups in total.